The summed E-state index contributed by atoms with van der Waals surface area (Å²) in [5, 5.41) is 4.05. The number of para-hydroxylation sites is 1. The van der Waals surface area contributed by atoms with Crippen molar-refractivity contribution in [3.63, 3.8) is 0 Å². The molecule has 6 heteroatoms. The van der Waals surface area contributed by atoms with Crippen LogP contribution < -0.4 is 10.5 Å². The lowest BCUT2D eigenvalue weighted by atomic mass is 10.3. The van der Waals surface area contributed by atoms with Crippen molar-refractivity contribution in [2.75, 3.05) is 6.61 Å². The van der Waals surface area contributed by atoms with Crippen molar-refractivity contribution in [2.45, 2.75) is 6.54 Å². The molecular formula is C14H12N2O4. The maximum atomic E-state index is 11.6. The third kappa shape index (κ3) is 2.64. The van der Waals surface area contributed by atoms with E-state index in [0.717, 1.165) is 5.75 Å². The van der Waals surface area contributed by atoms with Gasteiger partial charge >= 0.3 is 5.76 Å². The summed E-state index contributed by atoms with van der Waals surface area (Å²) in [4.78, 5) is 11.6. The standard InChI is InChI=1S/C14H12N2O4/c17-14-16(8-10-18-11-5-2-1-3-6-11)15-13(20-14)12-7-4-9-19-12/h1-7,9H,8,10H2. The molecule has 0 unspecified atom stereocenters. The Bertz CT molecular complexity index is 713. The highest BCUT2D eigenvalue weighted by molar-refractivity contribution is 5.42. The van der Waals surface area contributed by atoms with Crippen molar-refractivity contribution in [3.05, 3.63) is 59.3 Å². The van der Waals surface area contributed by atoms with Crippen molar-refractivity contribution in [1.82, 2.24) is 9.78 Å². The molecule has 0 fully saturated rings. The van der Waals surface area contributed by atoms with E-state index in [-0.39, 0.29) is 5.89 Å². The van der Waals surface area contributed by atoms with Gasteiger partial charge in [-0.1, -0.05) is 18.2 Å². The largest absolute Gasteiger partial charge is 0.492 e. The van der Waals surface area contributed by atoms with E-state index in [1.807, 2.05) is 30.3 Å². The zero-order valence-corrected chi connectivity index (χ0v) is 10.6. The first-order valence-corrected chi connectivity index (χ1v) is 6.12. The highest BCUT2D eigenvalue weighted by Crippen LogP contribution is 2.15. The number of hydrogen-bond donors (Lipinski definition) is 0. The molecule has 2 aromatic heterocycles. The molecule has 0 N–H and O–H groups in total. The molecule has 0 saturated carbocycles. The summed E-state index contributed by atoms with van der Waals surface area (Å²) in [7, 11) is 0. The Morgan fingerprint density at radius 1 is 1.15 bits per heavy atom. The molecule has 0 aliphatic carbocycles. The van der Waals surface area contributed by atoms with Crippen molar-refractivity contribution in [1.29, 1.82) is 0 Å². The van der Waals surface area contributed by atoms with Gasteiger partial charge in [0.2, 0.25) is 0 Å². The predicted molar refractivity (Wildman–Crippen MR) is 70.4 cm³/mol. The Kier molecular flexibility index (Phi) is 3.36. The van der Waals surface area contributed by atoms with Crippen LogP contribution in [0.1, 0.15) is 0 Å². The number of nitrogens with zero attached hydrogens (tertiary/aromatic N) is 2. The van der Waals surface area contributed by atoms with Crippen LogP contribution in [-0.2, 0) is 6.54 Å². The number of benzene rings is 1. The summed E-state index contributed by atoms with van der Waals surface area (Å²) in [5.41, 5.74) is 0. The average Bonchev–Trinajstić information content (AvgIpc) is 3.10. The van der Waals surface area contributed by atoms with Gasteiger partial charge in [-0.25, -0.2) is 4.79 Å². The minimum Gasteiger partial charge on any atom is -0.492 e. The Labute approximate surface area is 114 Å². The summed E-state index contributed by atoms with van der Waals surface area (Å²) in [5.74, 6) is 0.799. The Balaban J connectivity index is 1.65. The smallest absolute Gasteiger partial charge is 0.437 e. The van der Waals surface area contributed by atoms with E-state index in [2.05, 4.69) is 5.10 Å². The highest BCUT2D eigenvalue weighted by Gasteiger charge is 2.12. The van der Waals surface area contributed by atoms with Crippen LogP contribution in [-0.4, -0.2) is 16.4 Å². The highest BCUT2D eigenvalue weighted by atomic mass is 16.5. The lowest BCUT2D eigenvalue weighted by Gasteiger charge is -2.04. The first kappa shape index (κ1) is 12.3. The predicted octanol–water partition coefficient (Wildman–Crippen LogP) is 2.18. The summed E-state index contributed by atoms with van der Waals surface area (Å²) >= 11 is 0. The fourth-order valence-electron chi connectivity index (χ4n) is 1.71. The zero-order chi connectivity index (χ0) is 13.8. The van der Waals surface area contributed by atoms with Crippen LogP contribution in [0.5, 0.6) is 5.75 Å². The van der Waals surface area contributed by atoms with E-state index in [1.165, 1.54) is 10.9 Å². The third-order valence-electron chi connectivity index (χ3n) is 2.65. The van der Waals surface area contributed by atoms with Gasteiger partial charge in [0.1, 0.15) is 12.4 Å². The van der Waals surface area contributed by atoms with E-state index in [4.69, 9.17) is 13.6 Å². The van der Waals surface area contributed by atoms with E-state index >= 15 is 0 Å². The minimum atomic E-state index is -0.534. The Morgan fingerprint density at radius 2 is 2.00 bits per heavy atom. The summed E-state index contributed by atoms with van der Waals surface area (Å²) in [6, 6.07) is 12.7. The fraction of sp³-hybridized carbons (Fsp3) is 0.143. The quantitative estimate of drug-likeness (QED) is 0.712. The molecule has 1 aromatic carbocycles. The molecule has 0 aliphatic rings. The molecule has 0 bridgehead atoms. The summed E-state index contributed by atoms with van der Waals surface area (Å²) in [6.07, 6.45) is 1.49. The van der Waals surface area contributed by atoms with Crippen molar-refractivity contribution < 1.29 is 13.6 Å². The van der Waals surface area contributed by atoms with Crippen LogP contribution in [0.2, 0.25) is 0 Å². The van der Waals surface area contributed by atoms with Crippen molar-refractivity contribution >= 4 is 0 Å². The van der Waals surface area contributed by atoms with Crippen LogP contribution in [0.4, 0.5) is 0 Å². The first-order chi connectivity index (χ1) is 9.83. The fourth-order valence-corrected chi connectivity index (χ4v) is 1.71. The van der Waals surface area contributed by atoms with Gasteiger partial charge in [-0.3, -0.25) is 0 Å². The molecule has 0 spiro atoms. The molecular weight excluding hydrogens is 260 g/mol. The second kappa shape index (κ2) is 5.48. The first-order valence-electron chi connectivity index (χ1n) is 6.12. The number of ether oxygens (including phenoxy) is 1. The van der Waals surface area contributed by atoms with E-state index in [1.54, 1.807) is 12.1 Å². The molecule has 0 saturated heterocycles. The van der Waals surface area contributed by atoms with E-state index in [0.29, 0.717) is 18.9 Å². The average molecular weight is 272 g/mol. The molecule has 0 radical (unpaired) electrons. The topological polar surface area (TPSA) is 70.4 Å². The molecule has 2 heterocycles. The van der Waals surface area contributed by atoms with Gasteiger partial charge in [0.25, 0.3) is 5.89 Å². The molecule has 102 valence electrons. The van der Waals surface area contributed by atoms with Gasteiger partial charge in [-0.05, 0) is 24.3 Å². The van der Waals surface area contributed by atoms with Crippen molar-refractivity contribution in [3.8, 4) is 17.4 Å². The maximum Gasteiger partial charge on any atom is 0.437 e. The normalized spacial score (nSPS) is 10.6. The van der Waals surface area contributed by atoms with Gasteiger partial charge in [-0.2, -0.15) is 4.68 Å². The van der Waals surface area contributed by atoms with Crippen LogP contribution >= 0.6 is 0 Å². The van der Waals surface area contributed by atoms with Gasteiger partial charge in [-0.15, -0.1) is 5.10 Å². The maximum absolute atomic E-state index is 11.6. The van der Waals surface area contributed by atoms with Gasteiger partial charge in [0.15, 0.2) is 5.76 Å². The second-order valence-corrected chi connectivity index (χ2v) is 4.04. The van der Waals surface area contributed by atoms with Gasteiger partial charge in [0.05, 0.1) is 12.8 Å². The number of aromatic nitrogens is 2. The second-order valence-electron chi connectivity index (χ2n) is 4.04. The SMILES string of the molecule is O=c1oc(-c2ccco2)nn1CCOc1ccccc1. The van der Waals surface area contributed by atoms with Crippen LogP contribution in [0.25, 0.3) is 11.7 Å². The van der Waals surface area contributed by atoms with Gasteiger partial charge in [0, 0.05) is 0 Å². The van der Waals surface area contributed by atoms with Gasteiger partial charge < -0.3 is 13.6 Å². The minimum absolute atomic E-state index is 0.166. The molecule has 0 aliphatic heterocycles. The Hall–Kier alpha value is -2.76. The summed E-state index contributed by atoms with van der Waals surface area (Å²) in [6.45, 7) is 0.631. The third-order valence-corrected chi connectivity index (χ3v) is 2.65. The summed E-state index contributed by atoms with van der Waals surface area (Å²) < 4.78 is 16.8. The zero-order valence-electron chi connectivity index (χ0n) is 10.6. The van der Waals surface area contributed by atoms with Crippen LogP contribution in [0.15, 0.2) is 62.4 Å². The number of hydrogen-bond acceptors (Lipinski definition) is 5. The molecule has 0 amide bonds. The van der Waals surface area contributed by atoms with E-state index in [9.17, 15) is 4.79 Å². The molecule has 3 aromatic rings. The lowest BCUT2D eigenvalue weighted by molar-refractivity contribution is 0.285. The number of furan rings is 1. The lowest BCUT2D eigenvalue weighted by Crippen LogP contribution is -2.20. The van der Waals surface area contributed by atoms with Crippen LogP contribution in [0, 0.1) is 0 Å². The molecule has 3 rings (SSSR count). The van der Waals surface area contributed by atoms with Crippen LogP contribution in [0.3, 0.4) is 0 Å². The molecule has 0 atom stereocenters. The molecule has 6 nitrogen and oxygen atoms in total. The number of rotatable bonds is 5. The monoisotopic (exact) mass is 272 g/mol. The molecule has 20 heavy (non-hydrogen) atoms. The Morgan fingerprint density at radius 3 is 2.75 bits per heavy atom. The van der Waals surface area contributed by atoms with E-state index < -0.39 is 5.76 Å². The van der Waals surface area contributed by atoms with Crippen molar-refractivity contribution in [2.24, 2.45) is 0 Å².